The number of carbonyl (C=O) groups excluding carboxylic acids is 1. The molecule has 1 fully saturated rings. The van der Waals surface area contributed by atoms with Crippen molar-refractivity contribution in [3.8, 4) is 11.1 Å². The van der Waals surface area contributed by atoms with Gasteiger partial charge in [0.15, 0.2) is 0 Å². The number of urea groups is 1. The summed E-state index contributed by atoms with van der Waals surface area (Å²) in [5.41, 5.74) is 4.50. The number of anilines is 1. The zero-order chi connectivity index (χ0) is 21.0. The number of hydrogen-bond donors (Lipinski definition) is 3. The maximum atomic E-state index is 12.8. The van der Waals surface area contributed by atoms with Gasteiger partial charge in [0.2, 0.25) is 0 Å². The molecule has 0 spiro atoms. The van der Waals surface area contributed by atoms with Gasteiger partial charge >= 0.3 is 6.03 Å². The highest BCUT2D eigenvalue weighted by atomic mass is 16.3. The van der Waals surface area contributed by atoms with E-state index in [1.165, 1.54) is 0 Å². The van der Waals surface area contributed by atoms with E-state index >= 15 is 0 Å². The first-order valence-electron chi connectivity index (χ1n) is 10.4. The van der Waals surface area contributed by atoms with E-state index in [9.17, 15) is 9.90 Å². The number of carbonyl (C=O) groups is 1. The molecule has 0 aliphatic heterocycles. The SMILES string of the molecule is Cc1cc(-c2ccc(NC(=O)NC3(c4ccccc4)CCC(O)CC3)cc2)ccn1. The van der Waals surface area contributed by atoms with Gasteiger partial charge in [-0.15, -0.1) is 0 Å². The zero-order valence-electron chi connectivity index (χ0n) is 17.1. The number of rotatable bonds is 4. The summed E-state index contributed by atoms with van der Waals surface area (Å²) in [7, 11) is 0. The maximum Gasteiger partial charge on any atom is 0.319 e. The average molecular weight is 402 g/mol. The fraction of sp³-hybridized carbons (Fsp3) is 0.280. The minimum Gasteiger partial charge on any atom is -0.393 e. The lowest BCUT2D eigenvalue weighted by molar-refractivity contribution is 0.0865. The van der Waals surface area contributed by atoms with E-state index in [4.69, 9.17) is 0 Å². The molecule has 0 atom stereocenters. The predicted octanol–water partition coefficient (Wildman–Crippen LogP) is 5.01. The normalized spacial score (nSPS) is 21.1. The van der Waals surface area contributed by atoms with E-state index in [1.54, 1.807) is 6.20 Å². The molecule has 3 N–H and O–H groups in total. The van der Waals surface area contributed by atoms with Crippen LogP contribution >= 0.6 is 0 Å². The summed E-state index contributed by atoms with van der Waals surface area (Å²) in [6.07, 6.45) is 4.28. The molecule has 1 aliphatic carbocycles. The lowest BCUT2D eigenvalue weighted by Gasteiger charge is -2.40. The van der Waals surface area contributed by atoms with Crippen LogP contribution in [0, 0.1) is 6.92 Å². The number of nitrogens with one attached hydrogen (secondary N) is 2. The molecule has 4 rings (SSSR count). The third-order valence-corrected chi connectivity index (χ3v) is 5.86. The van der Waals surface area contributed by atoms with E-state index in [2.05, 4.69) is 15.6 Å². The van der Waals surface area contributed by atoms with Crippen molar-refractivity contribution >= 4 is 11.7 Å². The monoisotopic (exact) mass is 401 g/mol. The molecule has 5 nitrogen and oxygen atoms in total. The van der Waals surface area contributed by atoms with Crippen molar-refractivity contribution in [1.29, 1.82) is 0 Å². The second kappa shape index (κ2) is 8.67. The summed E-state index contributed by atoms with van der Waals surface area (Å²) in [6.45, 7) is 1.97. The number of benzene rings is 2. The number of aliphatic hydroxyl groups is 1. The quantitative estimate of drug-likeness (QED) is 0.575. The van der Waals surface area contributed by atoms with Crippen molar-refractivity contribution in [2.24, 2.45) is 0 Å². The van der Waals surface area contributed by atoms with Crippen LogP contribution in [0.3, 0.4) is 0 Å². The van der Waals surface area contributed by atoms with Gasteiger partial charge in [0.05, 0.1) is 11.6 Å². The molecule has 2 amide bonds. The summed E-state index contributed by atoms with van der Waals surface area (Å²) < 4.78 is 0. The van der Waals surface area contributed by atoms with Gasteiger partial charge in [-0.3, -0.25) is 4.98 Å². The predicted molar refractivity (Wildman–Crippen MR) is 119 cm³/mol. The topological polar surface area (TPSA) is 74.2 Å². The third-order valence-electron chi connectivity index (χ3n) is 5.86. The van der Waals surface area contributed by atoms with Crippen LogP contribution in [0.1, 0.15) is 36.9 Å². The molecule has 5 heteroatoms. The van der Waals surface area contributed by atoms with Gasteiger partial charge in [0.1, 0.15) is 0 Å². The molecule has 30 heavy (non-hydrogen) atoms. The fourth-order valence-corrected chi connectivity index (χ4v) is 4.19. The number of nitrogens with zero attached hydrogens (tertiary/aromatic N) is 1. The van der Waals surface area contributed by atoms with Crippen molar-refractivity contribution in [3.05, 3.63) is 84.2 Å². The van der Waals surface area contributed by atoms with Gasteiger partial charge in [-0.25, -0.2) is 4.79 Å². The highest BCUT2D eigenvalue weighted by Gasteiger charge is 2.37. The molecular weight excluding hydrogens is 374 g/mol. The molecule has 0 bridgehead atoms. The smallest absolute Gasteiger partial charge is 0.319 e. The van der Waals surface area contributed by atoms with E-state index in [-0.39, 0.29) is 12.1 Å². The third kappa shape index (κ3) is 4.52. The molecule has 0 unspecified atom stereocenters. The Morgan fingerprint density at radius 2 is 1.70 bits per heavy atom. The van der Waals surface area contributed by atoms with Crippen LogP contribution < -0.4 is 10.6 Å². The Kier molecular flexibility index (Phi) is 5.81. The molecule has 0 saturated heterocycles. The zero-order valence-corrected chi connectivity index (χ0v) is 17.1. The largest absolute Gasteiger partial charge is 0.393 e. The highest BCUT2D eigenvalue weighted by Crippen LogP contribution is 2.37. The summed E-state index contributed by atoms with van der Waals surface area (Å²) in [6, 6.07) is 21.6. The lowest BCUT2D eigenvalue weighted by atomic mass is 9.75. The van der Waals surface area contributed by atoms with Crippen LogP contribution in [0.4, 0.5) is 10.5 Å². The standard InChI is InChI=1S/C25H27N3O2/c1-18-17-20(13-16-26-18)19-7-9-22(10-8-19)27-24(30)28-25(14-11-23(29)12-15-25)21-5-3-2-4-6-21/h2-10,13,16-17,23,29H,11-12,14-15H2,1H3,(H2,27,28,30). The Bertz CT molecular complexity index is 994. The van der Waals surface area contributed by atoms with Crippen LogP contribution in [0.25, 0.3) is 11.1 Å². The molecule has 154 valence electrons. The molecule has 1 saturated carbocycles. The van der Waals surface area contributed by atoms with Crippen molar-refractivity contribution in [3.63, 3.8) is 0 Å². The molecule has 1 aliphatic rings. The second-order valence-electron chi connectivity index (χ2n) is 8.02. The van der Waals surface area contributed by atoms with Crippen LogP contribution in [0.5, 0.6) is 0 Å². The highest BCUT2D eigenvalue weighted by molar-refractivity contribution is 5.90. The summed E-state index contributed by atoms with van der Waals surface area (Å²) >= 11 is 0. The Hall–Kier alpha value is -3.18. The van der Waals surface area contributed by atoms with E-state index in [1.807, 2.05) is 73.7 Å². The van der Waals surface area contributed by atoms with Crippen LogP contribution in [-0.4, -0.2) is 22.2 Å². The Balaban J connectivity index is 1.47. The number of aryl methyl sites for hydroxylation is 1. The molecule has 0 radical (unpaired) electrons. The first-order chi connectivity index (χ1) is 14.5. The van der Waals surface area contributed by atoms with E-state index in [0.717, 1.165) is 28.1 Å². The van der Waals surface area contributed by atoms with E-state index < -0.39 is 5.54 Å². The van der Waals surface area contributed by atoms with Crippen molar-refractivity contribution in [1.82, 2.24) is 10.3 Å². The first-order valence-corrected chi connectivity index (χ1v) is 10.4. The Morgan fingerprint density at radius 1 is 1.00 bits per heavy atom. The number of amides is 2. The molecule has 1 heterocycles. The van der Waals surface area contributed by atoms with Gasteiger partial charge in [0, 0.05) is 17.6 Å². The van der Waals surface area contributed by atoms with Crippen molar-refractivity contribution in [2.45, 2.75) is 44.2 Å². The lowest BCUT2D eigenvalue weighted by Crippen LogP contribution is -2.50. The van der Waals surface area contributed by atoms with Crippen LogP contribution in [-0.2, 0) is 5.54 Å². The second-order valence-corrected chi connectivity index (χ2v) is 8.02. The fourth-order valence-electron chi connectivity index (χ4n) is 4.19. The number of pyridine rings is 1. The summed E-state index contributed by atoms with van der Waals surface area (Å²) in [5, 5.41) is 16.1. The van der Waals surface area contributed by atoms with Crippen molar-refractivity contribution < 1.29 is 9.90 Å². The summed E-state index contributed by atoms with van der Waals surface area (Å²) in [4.78, 5) is 17.1. The number of hydrogen-bond acceptors (Lipinski definition) is 3. The van der Waals surface area contributed by atoms with Gasteiger partial charge in [-0.05, 0) is 73.6 Å². The summed E-state index contributed by atoms with van der Waals surface area (Å²) in [5.74, 6) is 0. The molecular formula is C25H27N3O2. The van der Waals surface area contributed by atoms with Gasteiger partial charge < -0.3 is 15.7 Å². The minimum absolute atomic E-state index is 0.234. The number of aromatic nitrogens is 1. The van der Waals surface area contributed by atoms with Crippen molar-refractivity contribution in [2.75, 3.05) is 5.32 Å². The van der Waals surface area contributed by atoms with Crippen LogP contribution in [0.15, 0.2) is 72.9 Å². The molecule has 3 aromatic rings. The van der Waals surface area contributed by atoms with Gasteiger partial charge in [0.25, 0.3) is 0 Å². The Labute approximate surface area is 177 Å². The van der Waals surface area contributed by atoms with Gasteiger partial charge in [-0.2, -0.15) is 0 Å². The molecule has 1 aromatic heterocycles. The van der Waals surface area contributed by atoms with Gasteiger partial charge in [-0.1, -0.05) is 42.5 Å². The maximum absolute atomic E-state index is 12.8. The Morgan fingerprint density at radius 3 is 2.37 bits per heavy atom. The van der Waals surface area contributed by atoms with Crippen LogP contribution in [0.2, 0.25) is 0 Å². The molecule has 2 aromatic carbocycles. The first kappa shape index (κ1) is 20.1. The average Bonchev–Trinajstić information content (AvgIpc) is 2.77. The van der Waals surface area contributed by atoms with E-state index in [0.29, 0.717) is 25.7 Å². The number of aliphatic hydroxyl groups excluding tert-OH is 1. The minimum atomic E-state index is -0.459.